The summed E-state index contributed by atoms with van der Waals surface area (Å²) in [4.78, 5) is 38.4. The summed E-state index contributed by atoms with van der Waals surface area (Å²) in [5.74, 6) is -0.930. The number of hydrogen-bond donors (Lipinski definition) is 2. The number of imide groups is 1. The maximum atomic E-state index is 12.7. The fourth-order valence-electron chi connectivity index (χ4n) is 3.70. The first-order valence-electron chi connectivity index (χ1n) is 9.80. The molecule has 0 bridgehead atoms. The Morgan fingerprint density at radius 2 is 1.84 bits per heavy atom. The minimum atomic E-state index is -3.55. The first-order valence-corrected chi connectivity index (χ1v) is 11.2. The van der Waals surface area contributed by atoms with Crippen LogP contribution in [-0.4, -0.2) is 55.1 Å². The molecule has 1 atom stereocenters. The van der Waals surface area contributed by atoms with Crippen LogP contribution in [0.25, 0.3) is 0 Å². The Kier molecular flexibility index (Phi) is 5.31. The summed E-state index contributed by atoms with van der Waals surface area (Å²) in [6.45, 7) is 2.02. The number of sulfonamides is 1. The zero-order chi connectivity index (χ0) is 22.2. The van der Waals surface area contributed by atoms with Crippen LogP contribution >= 0.6 is 0 Å². The van der Waals surface area contributed by atoms with E-state index in [0.29, 0.717) is 18.8 Å². The fraction of sp³-hybridized carbons (Fsp3) is 0.350. The van der Waals surface area contributed by atoms with Gasteiger partial charge in [0.25, 0.3) is 5.91 Å². The van der Waals surface area contributed by atoms with E-state index in [2.05, 4.69) is 10.6 Å². The minimum Gasteiger partial charge on any atom is -0.466 e. The molecule has 4 rings (SSSR count). The number of nitrogens with one attached hydrogen (secondary N) is 2. The summed E-state index contributed by atoms with van der Waals surface area (Å²) in [6, 6.07) is 8.25. The zero-order valence-corrected chi connectivity index (χ0v) is 17.6. The van der Waals surface area contributed by atoms with E-state index < -0.39 is 40.0 Å². The quantitative estimate of drug-likeness (QED) is 0.647. The monoisotopic (exact) mass is 446 g/mol. The third-order valence-electron chi connectivity index (χ3n) is 5.43. The first-order chi connectivity index (χ1) is 14.7. The van der Waals surface area contributed by atoms with Crippen LogP contribution in [-0.2, 0) is 25.2 Å². The first kappa shape index (κ1) is 21.1. The molecule has 2 N–H and O–H groups in total. The predicted octanol–water partition coefficient (Wildman–Crippen LogP) is 1.47. The third kappa shape index (κ3) is 3.81. The molecule has 1 aromatic heterocycles. The van der Waals surface area contributed by atoms with Crippen molar-refractivity contribution < 1.29 is 27.2 Å². The van der Waals surface area contributed by atoms with E-state index in [1.807, 2.05) is 0 Å². The highest BCUT2D eigenvalue weighted by Gasteiger charge is 2.51. The van der Waals surface area contributed by atoms with Gasteiger partial charge in [0.05, 0.1) is 11.2 Å². The zero-order valence-electron chi connectivity index (χ0n) is 16.8. The lowest BCUT2D eigenvalue weighted by molar-refractivity contribution is -0.134. The van der Waals surface area contributed by atoms with E-state index in [9.17, 15) is 22.8 Å². The van der Waals surface area contributed by atoms with Gasteiger partial charge in [0.15, 0.2) is 5.54 Å². The van der Waals surface area contributed by atoms with Gasteiger partial charge in [-0.15, -0.1) is 0 Å². The Balaban J connectivity index is 1.41. The van der Waals surface area contributed by atoms with Gasteiger partial charge in [-0.1, -0.05) is 0 Å². The Hall–Kier alpha value is -3.18. The highest BCUT2D eigenvalue weighted by molar-refractivity contribution is 7.89. The molecule has 0 spiro atoms. The minimum absolute atomic E-state index is 0.149. The molecular weight excluding hydrogens is 424 g/mol. The molecular formula is C20H22N4O6S. The Bertz CT molecular complexity index is 1110. The number of hydrogen-bond acceptors (Lipinski definition) is 6. The molecule has 11 heteroatoms. The molecule has 164 valence electrons. The van der Waals surface area contributed by atoms with Gasteiger partial charge in [0.1, 0.15) is 12.3 Å². The molecule has 0 unspecified atom stereocenters. The van der Waals surface area contributed by atoms with Crippen molar-refractivity contribution in [2.24, 2.45) is 0 Å². The number of carbonyl (C=O) groups excluding carboxylic acids is 3. The van der Waals surface area contributed by atoms with Crippen LogP contribution in [0.5, 0.6) is 0 Å². The van der Waals surface area contributed by atoms with Crippen molar-refractivity contribution in [3.8, 4) is 0 Å². The SMILES string of the molecule is C[C@@]1(c2ccco2)NC(=O)N(CC(=O)Nc2ccc(S(=O)(=O)N3CCCC3)cc2)C1=O. The molecule has 2 aromatic rings. The molecule has 2 saturated heterocycles. The summed E-state index contributed by atoms with van der Waals surface area (Å²) in [5.41, 5.74) is -1.03. The Labute approximate surface area is 179 Å². The van der Waals surface area contributed by atoms with Crippen molar-refractivity contribution >= 4 is 33.6 Å². The molecule has 10 nitrogen and oxygen atoms in total. The normalized spacial score (nSPS) is 22.0. The van der Waals surface area contributed by atoms with Gasteiger partial charge in [-0.3, -0.25) is 14.5 Å². The highest BCUT2D eigenvalue weighted by atomic mass is 32.2. The van der Waals surface area contributed by atoms with Gasteiger partial charge in [-0.05, 0) is 56.2 Å². The van der Waals surface area contributed by atoms with Gasteiger partial charge < -0.3 is 15.1 Å². The van der Waals surface area contributed by atoms with E-state index in [4.69, 9.17) is 4.42 Å². The van der Waals surface area contributed by atoms with Crippen molar-refractivity contribution in [3.05, 3.63) is 48.4 Å². The van der Waals surface area contributed by atoms with Crippen LogP contribution in [0.3, 0.4) is 0 Å². The molecule has 0 radical (unpaired) electrons. The van der Waals surface area contributed by atoms with E-state index in [1.54, 1.807) is 12.1 Å². The standard InChI is InChI=1S/C20H22N4O6S/c1-20(16-5-4-12-30-16)18(26)24(19(27)22-20)13-17(25)21-14-6-8-15(9-7-14)31(28,29)23-10-2-3-11-23/h4-9,12H,2-3,10-11,13H2,1H3,(H,21,25)(H,22,27)/t20-/m0/s1. The number of nitrogens with zero attached hydrogens (tertiary/aromatic N) is 2. The molecule has 4 amide bonds. The lowest BCUT2D eigenvalue weighted by Gasteiger charge is -2.19. The highest BCUT2D eigenvalue weighted by Crippen LogP contribution is 2.29. The van der Waals surface area contributed by atoms with E-state index >= 15 is 0 Å². The molecule has 1 aromatic carbocycles. The van der Waals surface area contributed by atoms with E-state index in [1.165, 1.54) is 41.8 Å². The lowest BCUT2D eigenvalue weighted by atomic mass is 9.99. The summed E-state index contributed by atoms with van der Waals surface area (Å²) < 4.78 is 31.8. The number of rotatable bonds is 6. The molecule has 0 aliphatic carbocycles. The topological polar surface area (TPSA) is 129 Å². The van der Waals surface area contributed by atoms with Crippen LogP contribution in [0.4, 0.5) is 10.5 Å². The Morgan fingerprint density at radius 1 is 1.16 bits per heavy atom. The molecule has 2 aliphatic heterocycles. The van der Waals surface area contributed by atoms with Crippen LogP contribution in [0.15, 0.2) is 52.0 Å². The van der Waals surface area contributed by atoms with E-state index in [-0.39, 0.29) is 10.7 Å². The number of carbonyl (C=O) groups is 3. The predicted molar refractivity (Wildman–Crippen MR) is 109 cm³/mol. The number of furan rings is 1. The van der Waals surface area contributed by atoms with Gasteiger partial charge >= 0.3 is 6.03 Å². The second-order valence-corrected chi connectivity index (χ2v) is 9.55. The average Bonchev–Trinajstić information content (AvgIpc) is 3.49. The van der Waals surface area contributed by atoms with Crippen molar-refractivity contribution in [2.75, 3.05) is 25.0 Å². The maximum absolute atomic E-state index is 12.7. The molecule has 0 saturated carbocycles. The number of benzene rings is 1. The smallest absolute Gasteiger partial charge is 0.325 e. The third-order valence-corrected chi connectivity index (χ3v) is 7.34. The maximum Gasteiger partial charge on any atom is 0.325 e. The largest absolute Gasteiger partial charge is 0.466 e. The fourth-order valence-corrected chi connectivity index (χ4v) is 5.22. The van der Waals surface area contributed by atoms with Crippen LogP contribution in [0, 0.1) is 0 Å². The molecule has 3 heterocycles. The van der Waals surface area contributed by atoms with Gasteiger partial charge in [-0.2, -0.15) is 4.31 Å². The van der Waals surface area contributed by atoms with Gasteiger partial charge in [0.2, 0.25) is 15.9 Å². The van der Waals surface area contributed by atoms with Crippen LogP contribution < -0.4 is 10.6 Å². The Morgan fingerprint density at radius 3 is 2.45 bits per heavy atom. The van der Waals surface area contributed by atoms with Crippen LogP contribution in [0.1, 0.15) is 25.5 Å². The molecule has 2 fully saturated rings. The summed E-state index contributed by atoms with van der Waals surface area (Å²) in [5, 5.41) is 5.12. The van der Waals surface area contributed by atoms with E-state index in [0.717, 1.165) is 17.7 Å². The lowest BCUT2D eigenvalue weighted by Crippen LogP contribution is -2.41. The summed E-state index contributed by atoms with van der Waals surface area (Å²) in [6.07, 6.45) is 3.08. The number of amides is 4. The van der Waals surface area contributed by atoms with Crippen molar-refractivity contribution in [3.63, 3.8) is 0 Å². The second kappa shape index (κ2) is 7.82. The van der Waals surface area contributed by atoms with Gasteiger partial charge in [-0.25, -0.2) is 13.2 Å². The molecule has 2 aliphatic rings. The van der Waals surface area contributed by atoms with Crippen LogP contribution in [0.2, 0.25) is 0 Å². The summed E-state index contributed by atoms with van der Waals surface area (Å²) in [7, 11) is -3.55. The summed E-state index contributed by atoms with van der Waals surface area (Å²) >= 11 is 0. The average molecular weight is 446 g/mol. The number of urea groups is 1. The number of anilines is 1. The van der Waals surface area contributed by atoms with Gasteiger partial charge in [0, 0.05) is 18.8 Å². The van der Waals surface area contributed by atoms with Crippen molar-refractivity contribution in [2.45, 2.75) is 30.2 Å². The molecule has 31 heavy (non-hydrogen) atoms. The van der Waals surface area contributed by atoms with Crippen molar-refractivity contribution in [1.82, 2.24) is 14.5 Å². The van der Waals surface area contributed by atoms with Crippen molar-refractivity contribution in [1.29, 1.82) is 0 Å². The second-order valence-electron chi connectivity index (χ2n) is 7.61.